The van der Waals surface area contributed by atoms with Crippen LogP contribution in [0.2, 0.25) is 0 Å². The minimum Gasteiger partial charge on any atom is -0.454 e. The molecule has 0 bridgehead atoms. The summed E-state index contributed by atoms with van der Waals surface area (Å²) < 4.78 is 34.5. The van der Waals surface area contributed by atoms with Gasteiger partial charge in [0.2, 0.25) is 10.0 Å². The number of carbonyl (C=O) groups is 1. The van der Waals surface area contributed by atoms with E-state index in [2.05, 4.69) is 10.4 Å². The summed E-state index contributed by atoms with van der Waals surface area (Å²) in [4.78, 5) is 12.7. The van der Waals surface area contributed by atoms with Gasteiger partial charge in [0.05, 0.1) is 11.4 Å². The largest absolute Gasteiger partial charge is 0.454 e. The topological polar surface area (TPSA) is 97.4 Å². The van der Waals surface area contributed by atoms with E-state index in [0.29, 0.717) is 31.0 Å². The Bertz CT molecular complexity index is 1100. The maximum atomic E-state index is 12.8. The highest BCUT2D eigenvalue weighted by Crippen LogP contribution is 2.21. The normalized spacial score (nSPS) is 15.2. The van der Waals surface area contributed by atoms with Crippen molar-refractivity contribution in [1.82, 2.24) is 19.4 Å². The third-order valence-electron chi connectivity index (χ3n) is 5.07. The molecule has 2 aromatic heterocycles. The monoisotopic (exact) mass is 428 g/mol. The maximum absolute atomic E-state index is 12.8. The van der Waals surface area contributed by atoms with Crippen molar-refractivity contribution in [3.8, 4) is 0 Å². The molecule has 1 aromatic carbocycles. The Hall–Kier alpha value is -2.91. The number of piperidine rings is 1. The molecule has 30 heavy (non-hydrogen) atoms. The van der Waals surface area contributed by atoms with Crippen molar-refractivity contribution in [3.05, 3.63) is 71.9 Å². The molecule has 0 spiro atoms. The zero-order valence-electron chi connectivity index (χ0n) is 16.5. The first kappa shape index (κ1) is 20.4. The lowest BCUT2D eigenvalue weighted by molar-refractivity contribution is 0.0921. The average molecular weight is 429 g/mol. The molecular formula is C21H24N4O4S. The number of sulfonamides is 1. The van der Waals surface area contributed by atoms with Crippen molar-refractivity contribution in [1.29, 1.82) is 0 Å². The van der Waals surface area contributed by atoms with Crippen molar-refractivity contribution in [2.45, 2.75) is 37.2 Å². The first-order valence-electron chi connectivity index (χ1n) is 9.96. The molecule has 1 saturated heterocycles. The number of rotatable bonds is 7. The van der Waals surface area contributed by atoms with E-state index in [1.54, 1.807) is 47.3 Å². The lowest BCUT2D eigenvalue weighted by atomic mass is 10.2. The number of hydrogen-bond acceptors (Lipinski definition) is 5. The van der Waals surface area contributed by atoms with E-state index in [1.165, 1.54) is 4.31 Å². The van der Waals surface area contributed by atoms with Gasteiger partial charge >= 0.3 is 0 Å². The third kappa shape index (κ3) is 4.63. The number of amides is 1. The molecule has 9 heteroatoms. The Balaban J connectivity index is 1.38. The van der Waals surface area contributed by atoms with Crippen LogP contribution in [0, 0.1) is 0 Å². The van der Waals surface area contributed by atoms with Crippen LogP contribution in [-0.4, -0.2) is 41.5 Å². The van der Waals surface area contributed by atoms with Gasteiger partial charge in [-0.15, -0.1) is 0 Å². The summed E-state index contributed by atoms with van der Waals surface area (Å²) in [7, 11) is -3.50. The Morgan fingerprint density at radius 3 is 2.70 bits per heavy atom. The SMILES string of the molecule is O=C(NCc1cccc(S(=O)(=O)N2CCCCC2)c1)c1ccc(Cn2cccn2)o1. The molecule has 1 amide bonds. The summed E-state index contributed by atoms with van der Waals surface area (Å²) in [5, 5.41) is 6.89. The van der Waals surface area contributed by atoms with Gasteiger partial charge in [-0.05, 0) is 48.7 Å². The summed E-state index contributed by atoms with van der Waals surface area (Å²) >= 11 is 0. The molecule has 3 heterocycles. The summed E-state index contributed by atoms with van der Waals surface area (Å²) in [5.74, 6) is 0.471. The zero-order chi connectivity index (χ0) is 21.0. The number of nitrogens with one attached hydrogen (secondary N) is 1. The first-order chi connectivity index (χ1) is 14.5. The summed E-state index contributed by atoms with van der Waals surface area (Å²) in [6.45, 7) is 1.76. The van der Waals surface area contributed by atoms with E-state index >= 15 is 0 Å². The van der Waals surface area contributed by atoms with Crippen LogP contribution in [0.5, 0.6) is 0 Å². The van der Waals surface area contributed by atoms with E-state index in [4.69, 9.17) is 4.42 Å². The van der Waals surface area contributed by atoms with Gasteiger partial charge in [-0.1, -0.05) is 18.6 Å². The van der Waals surface area contributed by atoms with Gasteiger partial charge in [-0.2, -0.15) is 9.40 Å². The summed E-state index contributed by atoms with van der Waals surface area (Å²) in [6.07, 6.45) is 6.33. The van der Waals surface area contributed by atoms with Crippen LogP contribution in [-0.2, 0) is 23.1 Å². The Morgan fingerprint density at radius 1 is 1.10 bits per heavy atom. The standard InChI is InChI=1S/C21H24N4O4S/c26-21(20-9-8-18(29-20)16-24-11-5-10-23-24)22-15-17-6-4-7-19(14-17)30(27,28)25-12-2-1-3-13-25/h4-11,14H,1-3,12-13,15-16H2,(H,22,26). The molecule has 0 saturated carbocycles. The molecule has 1 aliphatic rings. The molecule has 3 aromatic rings. The highest BCUT2D eigenvalue weighted by molar-refractivity contribution is 7.89. The number of aromatic nitrogens is 2. The molecule has 0 aliphatic carbocycles. The van der Waals surface area contributed by atoms with Crippen LogP contribution in [0.4, 0.5) is 0 Å². The quantitative estimate of drug-likeness (QED) is 0.624. The minimum absolute atomic E-state index is 0.203. The van der Waals surface area contributed by atoms with Crippen molar-refractivity contribution in [3.63, 3.8) is 0 Å². The maximum Gasteiger partial charge on any atom is 0.287 e. The average Bonchev–Trinajstić information content (AvgIpc) is 3.45. The van der Waals surface area contributed by atoms with Crippen molar-refractivity contribution < 1.29 is 17.6 Å². The van der Waals surface area contributed by atoms with Crippen LogP contribution in [0.25, 0.3) is 0 Å². The van der Waals surface area contributed by atoms with Crippen LogP contribution >= 0.6 is 0 Å². The molecule has 158 valence electrons. The van der Waals surface area contributed by atoms with Crippen molar-refractivity contribution >= 4 is 15.9 Å². The van der Waals surface area contributed by atoms with Gasteiger partial charge in [-0.3, -0.25) is 9.48 Å². The second kappa shape index (κ2) is 8.85. The first-order valence-corrected chi connectivity index (χ1v) is 11.4. The Kier molecular flexibility index (Phi) is 6.01. The summed E-state index contributed by atoms with van der Waals surface area (Å²) in [6, 6.07) is 11.9. The van der Waals surface area contributed by atoms with E-state index in [1.807, 2.05) is 12.3 Å². The number of benzene rings is 1. The van der Waals surface area contributed by atoms with Gasteiger partial charge in [-0.25, -0.2) is 8.42 Å². The molecule has 0 radical (unpaired) electrons. The number of carbonyl (C=O) groups excluding carboxylic acids is 1. The molecule has 8 nitrogen and oxygen atoms in total. The van der Waals surface area contributed by atoms with Gasteiger partial charge in [0.15, 0.2) is 5.76 Å². The smallest absolute Gasteiger partial charge is 0.287 e. The lowest BCUT2D eigenvalue weighted by Gasteiger charge is -2.26. The Labute approximate surface area is 175 Å². The summed E-state index contributed by atoms with van der Waals surface area (Å²) in [5.41, 5.74) is 0.713. The minimum atomic E-state index is -3.50. The number of hydrogen-bond donors (Lipinski definition) is 1. The molecule has 1 N–H and O–H groups in total. The van der Waals surface area contributed by atoms with Crippen molar-refractivity contribution in [2.75, 3.05) is 13.1 Å². The lowest BCUT2D eigenvalue weighted by Crippen LogP contribution is -2.35. The van der Waals surface area contributed by atoms with E-state index < -0.39 is 10.0 Å². The fourth-order valence-corrected chi connectivity index (χ4v) is 5.07. The van der Waals surface area contributed by atoms with Crippen LogP contribution in [0.15, 0.2) is 64.2 Å². The van der Waals surface area contributed by atoms with E-state index in [0.717, 1.165) is 19.3 Å². The fraction of sp³-hybridized carbons (Fsp3) is 0.333. The van der Waals surface area contributed by atoms with Gasteiger partial charge in [0, 0.05) is 32.0 Å². The van der Waals surface area contributed by atoms with Gasteiger partial charge in [0.25, 0.3) is 5.91 Å². The molecule has 0 atom stereocenters. The third-order valence-corrected chi connectivity index (χ3v) is 6.96. The fourth-order valence-electron chi connectivity index (χ4n) is 3.48. The highest BCUT2D eigenvalue weighted by Gasteiger charge is 2.26. The van der Waals surface area contributed by atoms with Crippen LogP contribution < -0.4 is 5.32 Å². The van der Waals surface area contributed by atoms with Crippen LogP contribution in [0.1, 0.15) is 41.1 Å². The molecule has 1 aliphatic heterocycles. The molecule has 0 unspecified atom stereocenters. The number of furan rings is 1. The Morgan fingerprint density at radius 2 is 1.93 bits per heavy atom. The van der Waals surface area contributed by atoms with E-state index in [-0.39, 0.29) is 23.1 Å². The predicted molar refractivity (Wildman–Crippen MR) is 110 cm³/mol. The van der Waals surface area contributed by atoms with Gasteiger partial charge in [0.1, 0.15) is 5.76 Å². The predicted octanol–water partition coefficient (Wildman–Crippen LogP) is 2.63. The zero-order valence-corrected chi connectivity index (χ0v) is 17.3. The molecular weight excluding hydrogens is 404 g/mol. The van der Waals surface area contributed by atoms with E-state index in [9.17, 15) is 13.2 Å². The highest BCUT2D eigenvalue weighted by atomic mass is 32.2. The van der Waals surface area contributed by atoms with Crippen molar-refractivity contribution in [2.24, 2.45) is 0 Å². The molecule has 4 rings (SSSR count). The van der Waals surface area contributed by atoms with Gasteiger partial charge < -0.3 is 9.73 Å². The molecule has 1 fully saturated rings. The number of nitrogens with zero attached hydrogens (tertiary/aromatic N) is 3. The van der Waals surface area contributed by atoms with Crippen LogP contribution in [0.3, 0.4) is 0 Å². The second-order valence-corrected chi connectivity index (χ2v) is 9.20. The second-order valence-electron chi connectivity index (χ2n) is 7.26.